The van der Waals surface area contributed by atoms with Crippen LogP contribution in [0.2, 0.25) is 0 Å². The van der Waals surface area contributed by atoms with Crippen molar-refractivity contribution < 1.29 is 9.50 Å². The molecule has 4 nitrogen and oxygen atoms in total. The van der Waals surface area contributed by atoms with Crippen molar-refractivity contribution in [3.63, 3.8) is 0 Å². The van der Waals surface area contributed by atoms with Gasteiger partial charge in [0.2, 0.25) is 0 Å². The van der Waals surface area contributed by atoms with Crippen LogP contribution in [0.5, 0.6) is 0 Å². The van der Waals surface area contributed by atoms with Crippen LogP contribution in [0.1, 0.15) is 36.9 Å². The van der Waals surface area contributed by atoms with E-state index < -0.39 is 6.10 Å². The van der Waals surface area contributed by atoms with E-state index in [9.17, 15) is 9.50 Å². The Morgan fingerprint density at radius 2 is 2.10 bits per heavy atom. The van der Waals surface area contributed by atoms with Gasteiger partial charge in [0.05, 0.1) is 6.10 Å². The number of benzene rings is 1. The largest absolute Gasteiger partial charge is 0.388 e. The summed E-state index contributed by atoms with van der Waals surface area (Å²) >= 11 is 0. The fraction of sp³-hybridized carbons (Fsp3) is 0.467. The van der Waals surface area contributed by atoms with Crippen LogP contribution in [0.25, 0.3) is 0 Å². The average Bonchev–Trinajstić information content (AvgIpc) is 2.79. The van der Waals surface area contributed by atoms with Crippen molar-refractivity contribution >= 4 is 0 Å². The van der Waals surface area contributed by atoms with E-state index in [1.54, 1.807) is 19.1 Å². The van der Waals surface area contributed by atoms with Gasteiger partial charge in [-0.2, -0.15) is 5.10 Å². The van der Waals surface area contributed by atoms with Crippen molar-refractivity contribution in [1.29, 1.82) is 0 Å². The van der Waals surface area contributed by atoms with Crippen molar-refractivity contribution in [2.75, 3.05) is 0 Å². The maximum atomic E-state index is 13.2. The summed E-state index contributed by atoms with van der Waals surface area (Å²) in [7, 11) is 0. The van der Waals surface area contributed by atoms with E-state index in [4.69, 9.17) is 0 Å². The lowest BCUT2D eigenvalue weighted by atomic mass is 10.0. The van der Waals surface area contributed by atoms with Gasteiger partial charge in [-0.1, -0.05) is 26.0 Å². The highest BCUT2D eigenvalue weighted by molar-refractivity contribution is 5.26. The van der Waals surface area contributed by atoms with Gasteiger partial charge in [0, 0.05) is 13.0 Å². The van der Waals surface area contributed by atoms with Crippen LogP contribution in [0.3, 0.4) is 0 Å². The molecule has 2 aromatic rings. The second-order valence-corrected chi connectivity index (χ2v) is 5.48. The molecule has 108 valence electrons. The molecule has 1 unspecified atom stereocenters. The molecule has 0 fully saturated rings. The normalized spacial score (nSPS) is 12.9. The lowest BCUT2D eigenvalue weighted by molar-refractivity contribution is 0.173. The van der Waals surface area contributed by atoms with Crippen molar-refractivity contribution in [2.45, 2.75) is 39.8 Å². The standard InChI is InChI=1S/C15H20FN3O/c1-10(2)8-19-15(17-9-18-19)7-14(20)12-4-5-13(16)11(3)6-12/h4-6,9-10,14,20H,7-8H2,1-3H3. The fourth-order valence-electron chi connectivity index (χ4n) is 2.11. The number of hydrogen-bond acceptors (Lipinski definition) is 3. The smallest absolute Gasteiger partial charge is 0.138 e. The van der Waals surface area contributed by atoms with E-state index in [2.05, 4.69) is 23.9 Å². The van der Waals surface area contributed by atoms with Crippen LogP contribution in [0.15, 0.2) is 24.5 Å². The van der Waals surface area contributed by atoms with Crippen molar-refractivity contribution in [1.82, 2.24) is 14.8 Å². The molecule has 1 aromatic carbocycles. The minimum atomic E-state index is -0.704. The summed E-state index contributed by atoms with van der Waals surface area (Å²) < 4.78 is 15.0. The van der Waals surface area contributed by atoms with E-state index in [0.717, 1.165) is 12.4 Å². The molecule has 1 N–H and O–H groups in total. The van der Waals surface area contributed by atoms with E-state index in [1.165, 1.54) is 12.4 Å². The predicted molar refractivity (Wildman–Crippen MR) is 74.7 cm³/mol. The van der Waals surface area contributed by atoms with Gasteiger partial charge in [-0.3, -0.25) is 0 Å². The van der Waals surface area contributed by atoms with Crippen LogP contribution in [-0.2, 0) is 13.0 Å². The number of halogens is 1. The van der Waals surface area contributed by atoms with Crippen molar-refractivity contribution in [3.05, 3.63) is 47.3 Å². The molecule has 0 aliphatic carbocycles. The average molecular weight is 277 g/mol. The summed E-state index contributed by atoms with van der Waals surface area (Å²) in [6, 6.07) is 4.66. The zero-order valence-corrected chi connectivity index (χ0v) is 12.0. The van der Waals surface area contributed by atoms with Crippen molar-refractivity contribution in [3.8, 4) is 0 Å². The SMILES string of the molecule is Cc1cc(C(O)Cc2ncnn2CC(C)C)ccc1F. The second-order valence-electron chi connectivity index (χ2n) is 5.48. The van der Waals surface area contributed by atoms with Crippen LogP contribution in [0.4, 0.5) is 4.39 Å². The zero-order chi connectivity index (χ0) is 14.7. The van der Waals surface area contributed by atoms with E-state index in [1.807, 2.05) is 4.68 Å². The van der Waals surface area contributed by atoms with E-state index in [0.29, 0.717) is 23.5 Å². The monoisotopic (exact) mass is 277 g/mol. The molecule has 0 radical (unpaired) electrons. The predicted octanol–water partition coefficient (Wildman–Crippen LogP) is 2.66. The van der Waals surface area contributed by atoms with Gasteiger partial charge in [-0.25, -0.2) is 14.1 Å². The Hall–Kier alpha value is -1.75. The minimum Gasteiger partial charge on any atom is -0.388 e. The lowest BCUT2D eigenvalue weighted by Gasteiger charge is -2.13. The summed E-state index contributed by atoms with van der Waals surface area (Å²) in [6.07, 6.45) is 1.17. The van der Waals surface area contributed by atoms with Crippen LogP contribution in [-0.4, -0.2) is 19.9 Å². The molecular formula is C15H20FN3O. The topological polar surface area (TPSA) is 50.9 Å². The number of nitrogens with zero attached hydrogens (tertiary/aromatic N) is 3. The molecule has 0 amide bonds. The molecule has 0 spiro atoms. The first kappa shape index (κ1) is 14.7. The number of aromatic nitrogens is 3. The van der Waals surface area contributed by atoms with Crippen molar-refractivity contribution in [2.24, 2.45) is 5.92 Å². The Bertz CT molecular complexity index is 580. The first-order valence-corrected chi connectivity index (χ1v) is 6.78. The van der Waals surface area contributed by atoms with Gasteiger partial charge in [0.15, 0.2) is 0 Å². The summed E-state index contributed by atoms with van der Waals surface area (Å²) in [5.41, 5.74) is 1.23. The number of aliphatic hydroxyl groups excluding tert-OH is 1. The fourth-order valence-corrected chi connectivity index (χ4v) is 2.11. The van der Waals surface area contributed by atoms with Crippen LogP contribution < -0.4 is 0 Å². The number of rotatable bonds is 5. The zero-order valence-electron chi connectivity index (χ0n) is 12.0. The Kier molecular flexibility index (Phi) is 4.49. The third-order valence-corrected chi connectivity index (χ3v) is 3.18. The first-order valence-electron chi connectivity index (χ1n) is 6.78. The quantitative estimate of drug-likeness (QED) is 0.914. The highest BCUT2D eigenvalue weighted by Gasteiger charge is 2.14. The van der Waals surface area contributed by atoms with Gasteiger partial charge in [0.1, 0.15) is 18.0 Å². The van der Waals surface area contributed by atoms with Gasteiger partial charge in [0.25, 0.3) is 0 Å². The summed E-state index contributed by atoms with van der Waals surface area (Å²) in [6.45, 7) is 6.66. The highest BCUT2D eigenvalue weighted by Crippen LogP contribution is 2.20. The molecule has 5 heteroatoms. The van der Waals surface area contributed by atoms with Crippen LogP contribution in [0, 0.1) is 18.7 Å². The molecular weight excluding hydrogens is 257 g/mol. The summed E-state index contributed by atoms with van der Waals surface area (Å²) in [5, 5.41) is 14.4. The van der Waals surface area contributed by atoms with Gasteiger partial charge >= 0.3 is 0 Å². The second kappa shape index (κ2) is 6.13. The molecule has 2 rings (SSSR count). The summed E-state index contributed by atoms with van der Waals surface area (Å²) in [5.74, 6) is 0.942. The Labute approximate surface area is 118 Å². The number of aryl methyl sites for hydroxylation is 1. The molecule has 1 aromatic heterocycles. The maximum Gasteiger partial charge on any atom is 0.138 e. The van der Waals surface area contributed by atoms with E-state index >= 15 is 0 Å². The lowest BCUT2D eigenvalue weighted by Crippen LogP contribution is -2.13. The van der Waals surface area contributed by atoms with Gasteiger partial charge < -0.3 is 5.11 Å². The molecule has 0 aliphatic rings. The molecule has 1 atom stereocenters. The number of aliphatic hydroxyl groups is 1. The molecule has 0 saturated heterocycles. The van der Waals surface area contributed by atoms with E-state index in [-0.39, 0.29) is 5.82 Å². The van der Waals surface area contributed by atoms with Crippen LogP contribution >= 0.6 is 0 Å². The first-order chi connectivity index (χ1) is 9.47. The molecule has 0 bridgehead atoms. The molecule has 0 aliphatic heterocycles. The highest BCUT2D eigenvalue weighted by atomic mass is 19.1. The van der Waals surface area contributed by atoms with Gasteiger partial charge in [-0.05, 0) is 30.0 Å². The minimum absolute atomic E-state index is 0.260. The Balaban J connectivity index is 2.13. The Morgan fingerprint density at radius 3 is 2.75 bits per heavy atom. The molecule has 0 saturated carbocycles. The number of hydrogen-bond donors (Lipinski definition) is 1. The molecule has 20 heavy (non-hydrogen) atoms. The van der Waals surface area contributed by atoms with Gasteiger partial charge in [-0.15, -0.1) is 0 Å². The Morgan fingerprint density at radius 1 is 1.35 bits per heavy atom. The maximum absolute atomic E-state index is 13.2. The summed E-state index contributed by atoms with van der Waals surface area (Å²) in [4.78, 5) is 4.19. The third kappa shape index (κ3) is 3.42. The molecule has 1 heterocycles. The third-order valence-electron chi connectivity index (χ3n) is 3.18.